The van der Waals surface area contributed by atoms with E-state index in [2.05, 4.69) is 5.10 Å². The summed E-state index contributed by atoms with van der Waals surface area (Å²) >= 11 is 5.81. The summed E-state index contributed by atoms with van der Waals surface area (Å²) in [6.45, 7) is 0. The van der Waals surface area contributed by atoms with Gasteiger partial charge < -0.3 is 5.73 Å². The topological polar surface area (TPSA) is 43.3 Å². The Bertz CT molecular complexity index is 393. The van der Waals surface area contributed by atoms with Crippen molar-refractivity contribution in [1.82, 2.24) is 9.61 Å². The van der Waals surface area contributed by atoms with Crippen LogP contribution in [-0.4, -0.2) is 9.61 Å². The average molecular weight is 168 g/mol. The number of anilines is 1. The Morgan fingerprint density at radius 3 is 3.18 bits per heavy atom. The fraction of sp³-hybridized carbons (Fsp3) is 0. The highest BCUT2D eigenvalue weighted by Crippen LogP contribution is 2.17. The lowest BCUT2D eigenvalue weighted by atomic mass is 10.3. The summed E-state index contributed by atoms with van der Waals surface area (Å²) in [5, 5.41) is 4.61. The van der Waals surface area contributed by atoms with Crippen LogP contribution in [0.2, 0.25) is 5.02 Å². The van der Waals surface area contributed by atoms with Gasteiger partial charge in [-0.2, -0.15) is 5.10 Å². The Labute approximate surface area is 68.4 Å². The molecule has 0 aliphatic carbocycles. The zero-order valence-electron chi connectivity index (χ0n) is 5.66. The van der Waals surface area contributed by atoms with Crippen molar-refractivity contribution in [2.24, 2.45) is 0 Å². The van der Waals surface area contributed by atoms with Gasteiger partial charge in [0.1, 0.15) is 0 Å². The predicted molar refractivity (Wildman–Crippen MR) is 44.6 cm³/mol. The van der Waals surface area contributed by atoms with Crippen molar-refractivity contribution < 1.29 is 0 Å². The van der Waals surface area contributed by atoms with Gasteiger partial charge in [0, 0.05) is 11.9 Å². The van der Waals surface area contributed by atoms with Crippen molar-refractivity contribution in [3.8, 4) is 0 Å². The molecule has 0 aromatic carbocycles. The van der Waals surface area contributed by atoms with Crippen molar-refractivity contribution in [1.29, 1.82) is 0 Å². The van der Waals surface area contributed by atoms with Gasteiger partial charge in [-0.3, -0.25) is 0 Å². The molecule has 0 saturated heterocycles. The summed E-state index contributed by atoms with van der Waals surface area (Å²) in [6.07, 6.45) is 3.37. The molecule has 2 rings (SSSR count). The SMILES string of the molecule is Nc1ccn2ncc(Cl)c2c1. The number of nitrogens with two attached hydrogens (primary N) is 1. The molecule has 56 valence electrons. The maximum atomic E-state index is 5.81. The molecule has 2 aromatic rings. The van der Waals surface area contributed by atoms with Crippen LogP contribution in [0.15, 0.2) is 24.5 Å². The van der Waals surface area contributed by atoms with Crippen LogP contribution < -0.4 is 5.73 Å². The molecule has 0 bridgehead atoms. The van der Waals surface area contributed by atoms with Crippen LogP contribution in [0.5, 0.6) is 0 Å². The van der Waals surface area contributed by atoms with Gasteiger partial charge in [-0.1, -0.05) is 11.6 Å². The number of fused-ring (bicyclic) bond motifs is 1. The standard InChI is InChI=1S/C7H6ClN3/c8-6-4-10-11-2-1-5(9)3-7(6)11/h1-4H,9H2. The number of rotatable bonds is 0. The van der Waals surface area contributed by atoms with Crippen LogP contribution in [0.4, 0.5) is 5.69 Å². The monoisotopic (exact) mass is 167 g/mol. The maximum absolute atomic E-state index is 5.81. The predicted octanol–water partition coefficient (Wildman–Crippen LogP) is 1.57. The normalized spacial score (nSPS) is 10.6. The highest BCUT2D eigenvalue weighted by atomic mass is 35.5. The molecule has 0 spiro atoms. The third kappa shape index (κ3) is 0.935. The molecule has 0 fully saturated rings. The van der Waals surface area contributed by atoms with E-state index in [1.807, 2.05) is 0 Å². The van der Waals surface area contributed by atoms with Gasteiger partial charge in [-0.25, -0.2) is 4.52 Å². The second kappa shape index (κ2) is 2.13. The minimum Gasteiger partial charge on any atom is -0.399 e. The molecule has 2 heterocycles. The highest BCUT2D eigenvalue weighted by Gasteiger charge is 1.99. The maximum Gasteiger partial charge on any atom is 0.0868 e. The van der Waals surface area contributed by atoms with Crippen LogP contribution in [0.3, 0.4) is 0 Å². The van der Waals surface area contributed by atoms with Crippen LogP contribution >= 0.6 is 11.6 Å². The quantitative estimate of drug-likeness (QED) is 0.647. The highest BCUT2D eigenvalue weighted by molar-refractivity contribution is 6.33. The first kappa shape index (κ1) is 6.49. The van der Waals surface area contributed by atoms with E-state index in [1.165, 1.54) is 0 Å². The second-order valence-corrected chi connectivity index (χ2v) is 2.69. The van der Waals surface area contributed by atoms with E-state index in [4.69, 9.17) is 17.3 Å². The van der Waals surface area contributed by atoms with E-state index in [-0.39, 0.29) is 0 Å². The number of aromatic nitrogens is 2. The molecule has 0 aliphatic rings. The molecule has 0 unspecified atom stereocenters. The van der Waals surface area contributed by atoms with Crippen LogP contribution in [-0.2, 0) is 0 Å². The van der Waals surface area contributed by atoms with Crippen LogP contribution in [0.1, 0.15) is 0 Å². The summed E-state index contributed by atoms with van der Waals surface area (Å²) in [7, 11) is 0. The molecule has 3 nitrogen and oxygen atoms in total. The van der Waals surface area contributed by atoms with E-state index in [9.17, 15) is 0 Å². The number of nitrogen functional groups attached to an aromatic ring is 1. The molecule has 0 radical (unpaired) electrons. The van der Waals surface area contributed by atoms with Crippen molar-refractivity contribution in [2.75, 3.05) is 5.73 Å². The largest absolute Gasteiger partial charge is 0.399 e. The third-order valence-electron chi connectivity index (χ3n) is 1.50. The number of hydrogen-bond donors (Lipinski definition) is 1. The molecule has 0 amide bonds. The van der Waals surface area contributed by atoms with E-state index in [0.29, 0.717) is 10.7 Å². The fourth-order valence-corrected chi connectivity index (χ4v) is 1.15. The molecule has 0 saturated carbocycles. The van der Waals surface area contributed by atoms with E-state index in [0.717, 1.165) is 5.52 Å². The van der Waals surface area contributed by atoms with Crippen molar-refractivity contribution in [3.63, 3.8) is 0 Å². The lowest BCUT2D eigenvalue weighted by molar-refractivity contribution is 0.962. The molecule has 0 atom stereocenters. The lowest BCUT2D eigenvalue weighted by Gasteiger charge is -1.94. The first-order valence-electron chi connectivity index (χ1n) is 3.16. The minimum atomic E-state index is 0.623. The molecule has 4 heteroatoms. The Hall–Kier alpha value is -1.22. The summed E-state index contributed by atoms with van der Waals surface area (Å²) in [5.41, 5.74) is 7.09. The van der Waals surface area contributed by atoms with Crippen molar-refractivity contribution >= 4 is 22.8 Å². The fourth-order valence-electron chi connectivity index (χ4n) is 0.967. The Morgan fingerprint density at radius 1 is 1.55 bits per heavy atom. The molecule has 2 N–H and O–H groups in total. The van der Waals surface area contributed by atoms with Gasteiger partial charge in [-0.15, -0.1) is 0 Å². The summed E-state index contributed by atoms with van der Waals surface area (Å²) in [4.78, 5) is 0. The second-order valence-electron chi connectivity index (χ2n) is 2.28. The Morgan fingerprint density at radius 2 is 2.36 bits per heavy atom. The molecular formula is C7H6ClN3. The van der Waals surface area contributed by atoms with Gasteiger partial charge >= 0.3 is 0 Å². The number of hydrogen-bond acceptors (Lipinski definition) is 2. The smallest absolute Gasteiger partial charge is 0.0868 e. The molecular weight excluding hydrogens is 162 g/mol. The van der Waals surface area contributed by atoms with Gasteiger partial charge in [0.05, 0.1) is 16.7 Å². The first-order chi connectivity index (χ1) is 5.27. The summed E-state index contributed by atoms with van der Waals surface area (Å²) in [5.74, 6) is 0. The van der Waals surface area contributed by atoms with Gasteiger partial charge in [-0.05, 0) is 12.1 Å². The number of halogens is 1. The van der Waals surface area contributed by atoms with Gasteiger partial charge in [0.2, 0.25) is 0 Å². The Balaban J connectivity index is 2.87. The van der Waals surface area contributed by atoms with Gasteiger partial charge in [0.25, 0.3) is 0 Å². The zero-order chi connectivity index (χ0) is 7.84. The van der Waals surface area contributed by atoms with E-state index in [1.54, 1.807) is 29.0 Å². The van der Waals surface area contributed by atoms with Crippen molar-refractivity contribution in [3.05, 3.63) is 29.5 Å². The first-order valence-corrected chi connectivity index (χ1v) is 3.53. The summed E-state index contributed by atoms with van der Waals surface area (Å²) in [6, 6.07) is 3.56. The molecule has 0 aliphatic heterocycles. The average Bonchev–Trinajstić information content (AvgIpc) is 2.33. The number of nitrogens with zero attached hydrogens (tertiary/aromatic N) is 2. The zero-order valence-corrected chi connectivity index (χ0v) is 6.42. The van der Waals surface area contributed by atoms with Crippen molar-refractivity contribution in [2.45, 2.75) is 0 Å². The lowest BCUT2D eigenvalue weighted by Crippen LogP contribution is -1.89. The molecule has 11 heavy (non-hydrogen) atoms. The molecule has 2 aromatic heterocycles. The van der Waals surface area contributed by atoms with Crippen LogP contribution in [0, 0.1) is 0 Å². The third-order valence-corrected chi connectivity index (χ3v) is 1.79. The van der Waals surface area contributed by atoms with Crippen LogP contribution in [0.25, 0.3) is 5.52 Å². The minimum absolute atomic E-state index is 0.623. The Kier molecular flexibility index (Phi) is 1.26. The summed E-state index contributed by atoms with van der Waals surface area (Å²) < 4.78 is 1.68. The van der Waals surface area contributed by atoms with E-state index >= 15 is 0 Å². The van der Waals surface area contributed by atoms with Gasteiger partial charge in [0.15, 0.2) is 0 Å². The van der Waals surface area contributed by atoms with E-state index < -0.39 is 0 Å². The number of pyridine rings is 1.